The highest BCUT2D eigenvalue weighted by molar-refractivity contribution is 6.35. The number of nitrogens with one attached hydrogen (secondary N) is 1. The van der Waals surface area contributed by atoms with Crippen molar-refractivity contribution in [3.05, 3.63) is 63.4 Å². The number of carbonyl (C=O) groups excluding carboxylic acids is 1. The van der Waals surface area contributed by atoms with E-state index in [9.17, 15) is 4.79 Å². The molecule has 1 aromatic carbocycles. The summed E-state index contributed by atoms with van der Waals surface area (Å²) in [4.78, 5) is 15.9. The summed E-state index contributed by atoms with van der Waals surface area (Å²) < 4.78 is 0. The molecule has 2 aromatic rings. The van der Waals surface area contributed by atoms with E-state index in [-0.39, 0.29) is 16.1 Å². The summed E-state index contributed by atoms with van der Waals surface area (Å²) in [5.41, 5.74) is 2.65. The number of aryl methyl sites for hydroxylation is 1. The van der Waals surface area contributed by atoms with E-state index in [1.54, 1.807) is 0 Å². The van der Waals surface area contributed by atoms with Crippen LogP contribution in [0.2, 0.25) is 10.2 Å². The third kappa shape index (κ3) is 3.50. The largest absolute Gasteiger partial charge is 0.348 e. The fourth-order valence-corrected chi connectivity index (χ4v) is 2.28. The summed E-state index contributed by atoms with van der Waals surface area (Å²) in [7, 11) is 0. The number of hydrogen-bond acceptors (Lipinski definition) is 2. The average molecular weight is 309 g/mol. The summed E-state index contributed by atoms with van der Waals surface area (Å²) >= 11 is 11.7. The molecular formula is C15H14Cl2N2O. The molecule has 1 N–H and O–H groups in total. The van der Waals surface area contributed by atoms with Crippen molar-refractivity contribution >= 4 is 29.1 Å². The minimum absolute atomic E-state index is 0.244. The Morgan fingerprint density at radius 1 is 1.25 bits per heavy atom. The maximum atomic E-state index is 12.1. The first-order valence-electron chi connectivity index (χ1n) is 6.28. The van der Waals surface area contributed by atoms with Gasteiger partial charge in [-0.15, -0.1) is 0 Å². The third-order valence-corrected chi connectivity index (χ3v) is 3.51. The van der Waals surface area contributed by atoms with Crippen molar-refractivity contribution in [1.29, 1.82) is 0 Å². The van der Waals surface area contributed by atoms with Crippen LogP contribution in [-0.4, -0.2) is 10.9 Å². The standard InChI is InChI=1S/C15H14Cl2N2O/c1-2-10-5-3-4-6-11(10)8-19-15(20)12-7-14(17)18-9-13(12)16/h3-7,9H,2,8H2,1H3,(H,19,20). The molecule has 2 rings (SSSR count). The van der Waals surface area contributed by atoms with Gasteiger partial charge in [0.15, 0.2) is 0 Å². The highest BCUT2D eigenvalue weighted by Crippen LogP contribution is 2.18. The lowest BCUT2D eigenvalue weighted by atomic mass is 10.1. The molecule has 0 bridgehead atoms. The Morgan fingerprint density at radius 3 is 2.65 bits per heavy atom. The van der Waals surface area contributed by atoms with Gasteiger partial charge in [0, 0.05) is 12.7 Å². The van der Waals surface area contributed by atoms with Gasteiger partial charge in [-0.1, -0.05) is 54.4 Å². The highest BCUT2D eigenvalue weighted by Gasteiger charge is 2.12. The van der Waals surface area contributed by atoms with Crippen LogP contribution in [0.3, 0.4) is 0 Å². The number of amides is 1. The molecule has 104 valence electrons. The molecule has 3 nitrogen and oxygen atoms in total. The van der Waals surface area contributed by atoms with E-state index >= 15 is 0 Å². The third-order valence-electron chi connectivity index (χ3n) is 3.01. The first-order chi connectivity index (χ1) is 9.61. The fourth-order valence-electron chi connectivity index (χ4n) is 1.93. The summed E-state index contributed by atoms with van der Waals surface area (Å²) in [5, 5.41) is 3.38. The molecule has 0 saturated heterocycles. The number of hydrogen-bond donors (Lipinski definition) is 1. The monoisotopic (exact) mass is 308 g/mol. The van der Waals surface area contributed by atoms with E-state index in [1.807, 2.05) is 18.2 Å². The van der Waals surface area contributed by atoms with Gasteiger partial charge in [-0.2, -0.15) is 0 Å². The lowest BCUT2D eigenvalue weighted by Gasteiger charge is -2.10. The van der Waals surface area contributed by atoms with Crippen LogP contribution in [0.4, 0.5) is 0 Å². The summed E-state index contributed by atoms with van der Waals surface area (Å²) in [6.45, 7) is 2.54. The molecule has 20 heavy (non-hydrogen) atoms. The topological polar surface area (TPSA) is 42.0 Å². The molecular weight excluding hydrogens is 295 g/mol. The van der Waals surface area contributed by atoms with E-state index in [0.29, 0.717) is 12.1 Å². The number of nitrogens with zero attached hydrogens (tertiary/aromatic N) is 1. The second-order valence-electron chi connectivity index (χ2n) is 4.29. The normalized spacial score (nSPS) is 10.3. The van der Waals surface area contributed by atoms with Crippen LogP contribution in [0, 0.1) is 0 Å². The first kappa shape index (κ1) is 14.8. The Labute approximate surface area is 127 Å². The van der Waals surface area contributed by atoms with Gasteiger partial charge in [0.05, 0.1) is 10.6 Å². The zero-order chi connectivity index (χ0) is 14.5. The van der Waals surface area contributed by atoms with Gasteiger partial charge in [-0.3, -0.25) is 4.79 Å². The maximum absolute atomic E-state index is 12.1. The van der Waals surface area contributed by atoms with Gasteiger partial charge in [0.25, 0.3) is 5.91 Å². The van der Waals surface area contributed by atoms with Crippen LogP contribution in [0.1, 0.15) is 28.4 Å². The van der Waals surface area contributed by atoms with Gasteiger partial charge in [0.2, 0.25) is 0 Å². The van der Waals surface area contributed by atoms with Crippen molar-refractivity contribution in [3.8, 4) is 0 Å². The number of halogens is 2. The quantitative estimate of drug-likeness (QED) is 0.871. The summed E-state index contributed by atoms with van der Waals surface area (Å²) in [5.74, 6) is -0.259. The van der Waals surface area contributed by atoms with Crippen LogP contribution in [-0.2, 0) is 13.0 Å². The summed E-state index contributed by atoms with van der Waals surface area (Å²) in [6, 6.07) is 9.46. The van der Waals surface area contributed by atoms with Gasteiger partial charge in [0.1, 0.15) is 5.15 Å². The van der Waals surface area contributed by atoms with E-state index in [4.69, 9.17) is 23.2 Å². The van der Waals surface area contributed by atoms with Gasteiger partial charge in [-0.25, -0.2) is 4.98 Å². The van der Waals surface area contributed by atoms with Crippen molar-refractivity contribution in [1.82, 2.24) is 10.3 Å². The molecule has 5 heteroatoms. The zero-order valence-corrected chi connectivity index (χ0v) is 12.5. The van der Waals surface area contributed by atoms with Crippen LogP contribution >= 0.6 is 23.2 Å². The van der Waals surface area contributed by atoms with E-state index in [0.717, 1.165) is 12.0 Å². The van der Waals surface area contributed by atoms with Crippen LogP contribution in [0.25, 0.3) is 0 Å². The Hall–Kier alpha value is -1.58. The van der Waals surface area contributed by atoms with E-state index < -0.39 is 0 Å². The molecule has 0 spiro atoms. The number of carbonyl (C=O) groups is 1. The molecule has 1 heterocycles. The van der Waals surface area contributed by atoms with E-state index in [1.165, 1.54) is 17.8 Å². The van der Waals surface area contributed by atoms with Crippen molar-refractivity contribution in [3.63, 3.8) is 0 Å². The molecule has 0 radical (unpaired) electrons. The summed E-state index contributed by atoms with van der Waals surface area (Å²) in [6.07, 6.45) is 2.30. The molecule has 0 aliphatic carbocycles. The Morgan fingerprint density at radius 2 is 1.95 bits per heavy atom. The van der Waals surface area contributed by atoms with Gasteiger partial charge in [-0.05, 0) is 23.6 Å². The number of rotatable bonds is 4. The highest BCUT2D eigenvalue weighted by atomic mass is 35.5. The average Bonchev–Trinajstić information content (AvgIpc) is 2.47. The Kier molecular flexibility index (Phi) is 4.99. The SMILES string of the molecule is CCc1ccccc1CNC(=O)c1cc(Cl)ncc1Cl. The van der Waals surface area contributed by atoms with Crippen LogP contribution < -0.4 is 5.32 Å². The predicted octanol–water partition coefficient (Wildman–Crippen LogP) is 3.88. The fraction of sp³-hybridized carbons (Fsp3) is 0.200. The minimum Gasteiger partial charge on any atom is -0.348 e. The van der Waals surface area contributed by atoms with Gasteiger partial charge >= 0.3 is 0 Å². The number of aromatic nitrogens is 1. The van der Waals surface area contributed by atoms with Crippen molar-refractivity contribution in [2.45, 2.75) is 19.9 Å². The second kappa shape index (κ2) is 6.73. The molecule has 0 aliphatic heterocycles. The first-order valence-corrected chi connectivity index (χ1v) is 7.03. The maximum Gasteiger partial charge on any atom is 0.253 e. The Balaban J connectivity index is 2.11. The molecule has 0 unspecified atom stereocenters. The van der Waals surface area contributed by atoms with Crippen LogP contribution in [0.5, 0.6) is 0 Å². The second-order valence-corrected chi connectivity index (χ2v) is 5.09. The molecule has 0 atom stereocenters. The van der Waals surface area contributed by atoms with Crippen LogP contribution in [0.15, 0.2) is 36.5 Å². The number of benzene rings is 1. The van der Waals surface area contributed by atoms with Crippen molar-refractivity contribution in [2.75, 3.05) is 0 Å². The minimum atomic E-state index is -0.259. The van der Waals surface area contributed by atoms with Gasteiger partial charge < -0.3 is 5.32 Å². The van der Waals surface area contributed by atoms with Crippen molar-refractivity contribution < 1.29 is 4.79 Å². The molecule has 0 saturated carbocycles. The van der Waals surface area contributed by atoms with Crippen molar-refractivity contribution in [2.24, 2.45) is 0 Å². The lowest BCUT2D eigenvalue weighted by Crippen LogP contribution is -2.23. The smallest absolute Gasteiger partial charge is 0.253 e. The molecule has 0 fully saturated rings. The molecule has 1 aromatic heterocycles. The lowest BCUT2D eigenvalue weighted by molar-refractivity contribution is 0.0951. The zero-order valence-electron chi connectivity index (χ0n) is 11.0. The molecule has 1 amide bonds. The number of pyridine rings is 1. The Bertz CT molecular complexity index is 629. The molecule has 0 aliphatic rings. The predicted molar refractivity (Wildman–Crippen MR) is 81.2 cm³/mol. The van der Waals surface area contributed by atoms with E-state index in [2.05, 4.69) is 23.3 Å².